The summed E-state index contributed by atoms with van der Waals surface area (Å²) in [6, 6.07) is 7.25. The van der Waals surface area contributed by atoms with Crippen LogP contribution in [0.1, 0.15) is 5.56 Å². The van der Waals surface area contributed by atoms with Crippen LogP contribution in [-0.2, 0) is 13.6 Å². The van der Waals surface area contributed by atoms with Gasteiger partial charge in [-0.2, -0.15) is 5.10 Å². The van der Waals surface area contributed by atoms with E-state index in [9.17, 15) is 0 Å². The molecule has 0 amide bonds. The Labute approximate surface area is 137 Å². The zero-order valence-corrected chi connectivity index (χ0v) is 13.3. The van der Waals surface area contributed by atoms with Crippen molar-refractivity contribution >= 4 is 29.2 Å². The Morgan fingerprint density at radius 3 is 2.64 bits per heavy atom. The van der Waals surface area contributed by atoms with Gasteiger partial charge in [-0.05, 0) is 29.8 Å². The lowest BCUT2D eigenvalue weighted by atomic mass is 10.2. The summed E-state index contributed by atoms with van der Waals surface area (Å²) >= 11 is 12.0. The highest BCUT2D eigenvalue weighted by molar-refractivity contribution is 6.34. The van der Waals surface area contributed by atoms with E-state index < -0.39 is 0 Å². The van der Waals surface area contributed by atoms with Crippen molar-refractivity contribution in [1.82, 2.24) is 19.7 Å². The maximum Gasteiger partial charge on any atom is 0.223 e. The molecule has 7 heteroatoms. The Balaban J connectivity index is 1.75. The number of hydrogen-bond acceptors (Lipinski definition) is 4. The standard InChI is InChI=1S/C15H13Cl2N5/c1-22-9-11(8-20-22)14-2-3-18-15(21-14)19-7-10-4-12(16)6-13(17)5-10/h2-6,8-9H,7H2,1H3,(H,18,19,21). The molecule has 5 nitrogen and oxygen atoms in total. The van der Waals surface area contributed by atoms with Crippen molar-refractivity contribution in [2.75, 3.05) is 5.32 Å². The van der Waals surface area contributed by atoms with E-state index in [2.05, 4.69) is 20.4 Å². The summed E-state index contributed by atoms with van der Waals surface area (Å²) in [6.45, 7) is 0.538. The first-order valence-electron chi connectivity index (χ1n) is 6.61. The second-order valence-electron chi connectivity index (χ2n) is 4.80. The topological polar surface area (TPSA) is 55.6 Å². The van der Waals surface area contributed by atoms with Crippen molar-refractivity contribution in [3.05, 3.63) is 58.5 Å². The molecule has 1 N–H and O–H groups in total. The molecule has 2 heterocycles. The van der Waals surface area contributed by atoms with Gasteiger partial charge in [-0.15, -0.1) is 0 Å². The number of anilines is 1. The van der Waals surface area contributed by atoms with Gasteiger partial charge in [0.2, 0.25) is 5.95 Å². The Morgan fingerprint density at radius 2 is 1.95 bits per heavy atom. The quantitative estimate of drug-likeness (QED) is 0.789. The van der Waals surface area contributed by atoms with Crippen molar-refractivity contribution in [3.63, 3.8) is 0 Å². The molecule has 0 saturated heterocycles. The van der Waals surface area contributed by atoms with Gasteiger partial charge in [0.25, 0.3) is 0 Å². The van der Waals surface area contributed by atoms with Gasteiger partial charge in [-0.1, -0.05) is 23.2 Å². The van der Waals surface area contributed by atoms with Crippen LogP contribution in [0, 0.1) is 0 Å². The minimum absolute atomic E-state index is 0.538. The van der Waals surface area contributed by atoms with E-state index in [0.29, 0.717) is 22.5 Å². The molecule has 112 valence electrons. The summed E-state index contributed by atoms with van der Waals surface area (Å²) < 4.78 is 1.73. The highest BCUT2D eigenvalue weighted by Gasteiger charge is 2.05. The second-order valence-corrected chi connectivity index (χ2v) is 5.67. The van der Waals surface area contributed by atoms with E-state index in [1.54, 1.807) is 23.1 Å². The third-order valence-electron chi connectivity index (χ3n) is 3.03. The van der Waals surface area contributed by atoms with Crippen molar-refractivity contribution in [3.8, 4) is 11.3 Å². The highest BCUT2D eigenvalue weighted by Crippen LogP contribution is 2.20. The number of nitrogens with zero attached hydrogens (tertiary/aromatic N) is 4. The molecule has 0 saturated carbocycles. The molecule has 0 atom stereocenters. The molecule has 0 fully saturated rings. The minimum atomic E-state index is 0.538. The Hall–Kier alpha value is -2.11. The Bertz CT molecular complexity index is 780. The number of hydrogen-bond donors (Lipinski definition) is 1. The van der Waals surface area contributed by atoms with Crippen LogP contribution in [0.2, 0.25) is 10.0 Å². The third-order valence-corrected chi connectivity index (χ3v) is 3.47. The molecule has 22 heavy (non-hydrogen) atoms. The highest BCUT2D eigenvalue weighted by atomic mass is 35.5. The van der Waals surface area contributed by atoms with E-state index in [0.717, 1.165) is 16.8 Å². The smallest absolute Gasteiger partial charge is 0.223 e. The van der Waals surface area contributed by atoms with E-state index >= 15 is 0 Å². The number of aromatic nitrogens is 4. The average Bonchev–Trinajstić information content (AvgIpc) is 2.91. The molecular weight excluding hydrogens is 321 g/mol. The molecule has 0 bridgehead atoms. The monoisotopic (exact) mass is 333 g/mol. The fraction of sp³-hybridized carbons (Fsp3) is 0.133. The molecule has 0 aliphatic rings. The Morgan fingerprint density at radius 1 is 1.18 bits per heavy atom. The van der Waals surface area contributed by atoms with Crippen LogP contribution in [0.15, 0.2) is 42.9 Å². The van der Waals surface area contributed by atoms with Crippen molar-refractivity contribution < 1.29 is 0 Å². The largest absolute Gasteiger partial charge is 0.350 e. The maximum absolute atomic E-state index is 5.99. The molecule has 2 aromatic heterocycles. The summed E-state index contributed by atoms with van der Waals surface area (Å²) in [4.78, 5) is 8.69. The predicted molar refractivity (Wildman–Crippen MR) is 88.0 cm³/mol. The van der Waals surface area contributed by atoms with Gasteiger partial charge in [0.05, 0.1) is 11.9 Å². The minimum Gasteiger partial charge on any atom is -0.350 e. The normalized spacial score (nSPS) is 10.7. The van der Waals surface area contributed by atoms with E-state index in [-0.39, 0.29) is 0 Å². The number of benzene rings is 1. The van der Waals surface area contributed by atoms with Crippen molar-refractivity contribution in [1.29, 1.82) is 0 Å². The van der Waals surface area contributed by atoms with E-state index in [1.165, 1.54) is 0 Å². The van der Waals surface area contributed by atoms with Crippen LogP contribution >= 0.6 is 23.2 Å². The molecule has 0 spiro atoms. The van der Waals surface area contributed by atoms with Gasteiger partial charge in [0.15, 0.2) is 0 Å². The summed E-state index contributed by atoms with van der Waals surface area (Å²) in [6.07, 6.45) is 5.38. The van der Waals surface area contributed by atoms with Gasteiger partial charge >= 0.3 is 0 Å². The maximum atomic E-state index is 5.99. The van der Waals surface area contributed by atoms with Crippen LogP contribution in [0.3, 0.4) is 0 Å². The van der Waals surface area contributed by atoms with E-state index in [4.69, 9.17) is 23.2 Å². The zero-order valence-electron chi connectivity index (χ0n) is 11.8. The predicted octanol–water partition coefficient (Wildman–Crippen LogP) is 3.80. The summed E-state index contributed by atoms with van der Waals surface area (Å²) in [5.74, 6) is 0.539. The molecule has 0 unspecified atom stereocenters. The first-order valence-corrected chi connectivity index (χ1v) is 7.37. The van der Waals surface area contributed by atoms with Gasteiger partial charge in [-0.25, -0.2) is 9.97 Å². The van der Waals surface area contributed by atoms with Crippen LogP contribution in [0.25, 0.3) is 11.3 Å². The van der Waals surface area contributed by atoms with Gasteiger partial charge in [0.1, 0.15) is 0 Å². The van der Waals surface area contributed by atoms with Gasteiger partial charge in [-0.3, -0.25) is 4.68 Å². The zero-order chi connectivity index (χ0) is 15.5. The first kappa shape index (κ1) is 14.8. The van der Waals surface area contributed by atoms with Crippen molar-refractivity contribution in [2.24, 2.45) is 7.05 Å². The molecular formula is C15H13Cl2N5. The number of rotatable bonds is 4. The SMILES string of the molecule is Cn1cc(-c2ccnc(NCc3cc(Cl)cc(Cl)c3)n2)cn1. The fourth-order valence-electron chi connectivity index (χ4n) is 2.05. The van der Waals surface area contributed by atoms with Crippen LogP contribution in [-0.4, -0.2) is 19.7 Å². The van der Waals surface area contributed by atoms with Crippen molar-refractivity contribution in [2.45, 2.75) is 6.54 Å². The van der Waals surface area contributed by atoms with Gasteiger partial charge < -0.3 is 5.32 Å². The van der Waals surface area contributed by atoms with Crippen LogP contribution < -0.4 is 5.32 Å². The average molecular weight is 334 g/mol. The van der Waals surface area contributed by atoms with Crippen LogP contribution in [0.5, 0.6) is 0 Å². The van der Waals surface area contributed by atoms with Gasteiger partial charge in [0, 0.05) is 41.6 Å². The summed E-state index contributed by atoms with van der Waals surface area (Å²) in [7, 11) is 1.87. The number of nitrogens with one attached hydrogen (secondary N) is 1. The number of halogens is 2. The number of aryl methyl sites for hydroxylation is 1. The second kappa shape index (κ2) is 6.34. The third kappa shape index (κ3) is 3.55. The summed E-state index contributed by atoms with van der Waals surface area (Å²) in [5, 5.41) is 8.52. The molecule has 1 aromatic carbocycles. The lowest BCUT2D eigenvalue weighted by Crippen LogP contribution is -2.04. The molecule has 0 aliphatic carbocycles. The van der Waals surface area contributed by atoms with E-state index in [1.807, 2.05) is 31.4 Å². The van der Waals surface area contributed by atoms with Crippen LogP contribution in [0.4, 0.5) is 5.95 Å². The summed E-state index contributed by atoms with van der Waals surface area (Å²) in [5.41, 5.74) is 2.72. The molecule has 3 aromatic rings. The molecule has 0 aliphatic heterocycles. The lowest BCUT2D eigenvalue weighted by Gasteiger charge is -2.07. The molecule has 3 rings (SSSR count). The molecule has 0 radical (unpaired) electrons. The first-order chi connectivity index (χ1) is 10.6. The fourth-order valence-corrected chi connectivity index (χ4v) is 2.62. The lowest BCUT2D eigenvalue weighted by molar-refractivity contribution is 0.768. The Kier molecular flexibility index (Phi) is 4.27.